The minimum atomic E-state index is 0.737. The van der Waals surface area contributed by atoms with Gasteiger partial charge in [0.25, 0.3) is 0 Å². The van der Waals surface area contributed by atoms with E-state index in [1.54, 1.807) is 13.3 Å². The van der Waals surface area contributed by atoms with Crippen LogP contribution in [0.1, 0.15) is 0 Å². The van der Waals surface area contributed by atoms with Gasteiger partial charge in [-0.15, -0.1) is 0 Å². The molecule has 0 aromatic heterocycles. The van der Waals surface area contributed by atoms with Crippen molar-refractivity contribution in [1.82, 2.24) is 4.90 Å². The van der Waals surface area contributed by atoms with Crippen LogP contribution in [0.5, 0.6) is 0 Å². The Morgan fingerprint density at radius 3 is 2.78 bits per heavy atom. The maximum Gasteiger partial charge on any atom is 0.0637 e. The van der Waals surface area contributed by atoms with Crippen LogP contribution >= 0.6 is 0 Å². The molecule has 54 valence electrons. The van der Waals surface area contributed by atoms with Crippen molar-refractivity contribution in [3.63, 3.8) is 0 Å². The van der Waals surface area contributed by atoms with Gasteiger partial charge in [0.15, 0.2) is 0 Å². The van der Waals surface area contributed by atoms with E-state index in [1.807, 2.05) is 11.9 Å². The number of hydrogen-bond acceptors (Lipinski definition) is 3. The van der Waals surface area contributed by atoms with Crippen LogP contribution < -0.4 is 5.73 Å². The molecular weight excluding hydrogens is 116 g/mol. The predicted octanol–water partition coefficient (Wildman–Crippen LogP) is -0.00550. The van der Waals surface area contributed by atoms with Crippen molar-refractivity contribution in [2.45, 2.75) is 0 Å². The minimum Gasteiger partial charge on any atom is -0.403 e. The van der Waals surface area contributed by atoms with E-state index < -0.39 is 0 Å². The summed E-state index contributed by atoms with van der Waals surface area (Å²) >= 11 is 0. The lowest BCUT2D eigenvalue weighted by atomic mass is 10.6. The summed E-state index contributed by atoms with van der Waals surface area (Å²) in [6.45, 7) is 1.62. The predicted molar refractivity (Wildman–Crippen MR) is 37.8 cm³/mol. The third-order valence-corrected chi connectivity index (χ3v) is 0.989. The van der Waals surface area contributed by atoms with Gasteiger partial charge < -0.3 is 15.4 Å². The normalized spacial score (nSPS) is 10.4. The van der Waals surface area contributed by atoms with Gasteiger partial charge in [-0.1, -0.05) is 0 Å². The van der Waals surface area contributed by atoms with Gasteiger partial charge in [0.05, 0.1) is 6.61 Å². The molecule has 0 fully saturated rings. The van der Waals surface area contributed by atoms with E-state index in [4.69, 9.17) is 10.5 Å². The minimum absolute atomic E-state index is 0.737. The highest BCUT2D eigenvalue weighted by atomic mass is 16.5. The first-order valence-corrected chi connectivity index (χ1v) is 2.89. The molecule has 0 aliphatic heterocycles. The Bertz CT molecular complexity index is 83.1. The summed E-state index contributed by atoms with van der Waals surface area (Å²) in [4.78, 5) is 1.96. The van der Waals surface area contributed by atoms with Crippen LogP contribution in [0.15, 0.2) is 12.4 Å². The van der Waals surface area contributed by atoms with Crippen molar-refractivity contribution in [3.05, 3.63) is 12.4 Å². The van der Waals surface area contributed by atoms with E-state index in [1.165, 1.54) is 6.20 Å². The number of nitrogens with two attached hydrogens (primary N) is 1. The largest absolute Gasteiger partial charge is 0.403 e. The SMILES string of the molecule is COCCN(C)/C=C\N. The summed E-state index contributed by atoms with van der Waals surface area (Å²) in [5.74, 6) is 0. The number of methoxy groups -OCH3 is 1. The van der Waals surface area contributed by atoms with Crippen LogP contribution in [-0.4, -0.2) is 32.2 Å². The van der Waals surface area contributed by atoms with Gasteiger partial charge in [-0.25, -0.2) is 0 Å². The molecule has 0 atom stereocenters. The Hall–Kier alpha value is -0.700. The molecule has 0 saturated heterocycles. The van der Waals surface area contributed by atoms with Gasteiger partial charge in [-0.2, -0.15) is 0 Å². The molecule has 9 heavy (non-hydrogen) atoms. The Kier molecular flexibility index (Phi) is 5.01. The Labute approximate surface area is 56.1 Å². The van der Waals surface area contributed by atoms with Gasteiger partial charge in [0.1, 0.15) is 0 Å². The van der Waals surface area contributed by atoms with Crippen LogP contribution in [0, 0.1) is 0 Å². The summed E-state index contributed by atoms with van der Waals surface area (Å²) < 4.78 is 4.84. The van der Waals surface area contributed by atoms with E-state index in [9.17, 15) is 0 Å². The topological polar surface area (TPSA) is 38.5 Å². The van der Waals surface area contributed by atoms with Crippen molar-refractivity contribution in [2.24, 2.45) is 5.73 Å². The van der Waals surface area contributed by atoms with E-state index in [0.717, 1.165) is 13.2 Å². The first-order valence-electron chi connectivity index (χ1n) is 2.89. The lowest BCUT2D eigenvalue weighted by Crippen LogP contribution is -2.16. The molecule has 0 radical (unpaired) electrons. The summed E-state index contributed by atoms with van der Waals surface area (Å²) in [6, 6.07) is 0. The maximum atomic E-state index is 5.14. The second-order valence-corrected chi connectivity index (χ2v) is 1.81. The van der Waals surface area contributed by atoms with E-state index in [-0.39, 0.29) is 0 Å². The van der Waals surface area contributed by atoms with Crippen molar-refractivity contribution < 1.29 is 4.74 Å². The average Bonchev–Trinajstić information content (AvgIpc) is 1.85. The molecule has 0 rings (SSSR count). The summed E-state index contributed by atoms with van der Waals surface area (Å²) in [7, 11) is 3.63. The number of ether oxygens (including phenoxy) is 1. The summed E-state index contributed by atoms with van der Waals surface area (Å²) in [5, 5.41) is 0. The molecule has 0 saturated carbocycles. The van der Waals surface area contributed by atoms with E-state index in [0.29, 0.717) is 0 Å². The molecule has 0 amide bonds. The molecular formula is C6H14N2O. The molecule has 0 heterocycles. The first kappa shape index (κ1) is 8.30. The van der Waals surface area contributed by atoms with E-state index in [2.05, 4.69) is 0 Å². The zero-order chi connectivity index (χ0) is 7.11. The second kappa shape index (κ2) is 5.44. The molecule has 0 aliphatic rings. The van der Waals surface area contributed by atoms with Crippen molar-refractivity contribution >= 4 is 0 Å². The fourth-order valence-corrected chi connectivity index (χ4v) is 0.457. The highest BCUT2D eigenvalue weighted by Gasteiger charge is 1.86. The summed E-state index contributed by atoms with van der Waals surface area (Å²) in [6.07, 6.45) is 3.31. The maximum absolute atomic E-state index is 5.14. The highest BCUT2D eigenvalue weighted by Crippen LogP contribution is 1.80. The Balaban J connectivity index is 3.15. The molecule has 0 aliphatic carbocycles. The fraction of sp³-hybridized carbons (Fsp3) is 0.667. The van der Waals surface area contributed by atoms with Gasteiger partial charge in [0, 0.05) is 33.1 Å². The number of hydrogen-bond donors (Lipinski definition) is 1. The van der Waals surface area contributed by atoms with Crippen LogP contribution in [0.4, 0.5) is 0 Å². The molecule has 0 unspecified atom stereocenters. The average molecular weight is 130 g/mol. The van der Waals surface area contributed by atoms with Crippen LogP contribution in [0.2, 0.25) is 0 Å². The van der Waals surface area contributed by atoms with E-state index >= 15 is 0 Å². The molecule has 0 bridgehead atoms. The third kappa shape index (κ3) is 5.17. The van der Waals surface area contributed by atoms with Gasteiger partial charge in [-0.05, 0) is 0 Å². The van der Waals surface area contributed by atoms with Crippen molar-refractivity contribution in [1.29, 1.82) is 0 Å². The number of rotatable bonds is 4. The zero-order valence-corrected chi connectivity index (χ0v) is 6.00. The van der Waals surface area contributed by atoms with Crippen LogP contribution in [0.25, 0.3) is 0 Å². The van der Waals surface area contributed by atoms with Gasteiger partial charge >= 0.3 is 0 Å². The Morgan fingerprint density at radius 2 is 2.33 bits per heavy atom. The van der Waals surface area contributed by atoms with Crippen LogP contribution in [-0.2, 0) is 4.74 Å². The van der Waals surface area contributed by atoms with Crippen molar-refractivity contribution in [3.8, 4) is 0 Å². The first-order chi connectivity index (χ1) is 4.31. The Morgan fingerprint density at radius 1 is 1.67 bits per heavy atom. The smallest absolute Gasteiger partial charge is 0.0637 e. The van der Waals surface area contributed by atoms with Crippen LogP contribution in [0.3, 0.4) is 0 Å². The monoisotopic (exact) mass is 130 g/mol. The molecule has 3 heteroatoms. The molecule has 2 N–H and O–H groups in total. The molecule has 0 aromatic carbocycles. The molecule has 3 nitrogen and oxygen atoms in total. The number of likely N-dealkylation sites (N-methyl/N-ethyl adjacent to an activating group) is 1. The lowest BCUT2D eigenvalue weighted by Gasteiger charge is -2.11. The molecule has 0 spiro atoms. The second-order valence-electron chi connectivity index (χ2n) is 1.81. The molecule has 0 aromatic rings. The van der Waals surface area contributed by atoms with Gasteiger partial charge in [0.2, 0.25) is 0 Å². The lowest BCUT2D eigenvalue weighted by molar-refractivity contribution is 0.177. The number of nitrogens with zero attached hydrogens (tertiary/aromatic N) is 1. The quantitative estimate of drug-likeness (QED) is 0.582. The third-order valence-electron chi connectivity index (χ3n) is 0.989. The summed E-state index contributed by atoms with van der Waals surface area (Å²) in [5.41, 5.74) is 5.14. The standard InChI is InChI=1S/C6H14N2O/c1-8(4-3-7)5-6-9-2/h3-4H,5-7H2,1-2H3/b4-3-. The highest BCUT2D eigenvalue weighted by molar-refractivity contribution is 4.73. The van der Waals surface area contributed by atoms with Crippen molar-refractivity contribution in [2.75, 3.05) is 27.3 Å². The zero-order valence-electron chi connectivity index (χ0n) is 6.00. The fourth-order valence-electron chi connectivity index (χ4n) is 0.457. The van der Waals surface area contributed by atoms with Gasteiger partial charge in [-0.3, -0.25) is 0 Å².